The van der Waals surface area contributed by atoms with Crippen LogP contribution in [0.5, 0.6) is 0 Å². The van der Waals surface area contributed by atoms with Crippen molar-refractivity contribution in [1.29, 1.82) is 0 Å². The highest BCUT2D eigenvalue weighted by atomic mass is 16.2. The average Bonchev–Trinajstić information content (AvgIpc) is 2.59. The fraction of sp³-hybridized carbons (Fsp3) is 0.600. The fourth-order valence-corrected chi connectivity index (χ4v) is 2.96. The first-order valence-corrected chi connectivity index (χ1v) is 7.95. The Hall–Kier alpha value is -2.38. The Morgan fingerprint density at radius 1 is 1.22 bits per heavy atom. The lowest BCUT2D eigenvalue weighted by atomic mass is 10.1. The van der Waals surface area contributed by atoms with Crippen molar-refractivity contribution in [3.8, 4) is 0 Å². The summed E-state index contributed by atoms with van der Waals surface area (Å²) < 4.78 is 0. The SMILES string of the molecule is CN1CC(NC(=O)N2CCN(c3ncccn3)CC2)CCC1=O. The first kappa shape index (κ1) is 15.5. The number of piperidine rings is 1. The van der Waals surface area contributed by atoms with Gasteiger partial charge >= 0.3 is 6.03 Å². The normalized spacial score (nSPS) is 22.2. The van der Waals surface area contributed by atoms with Crippen LogP contribution in [0.3, 0.4) is 0 Å². The number of carbonyl (C=O) groups excluding carboxylic acids is 2. The Bertz CT molecular complexity index is 558. The van der Waals surface area contributed by atoms with Crippen LogP contribution in [-0.2, 0) is 4.79 Å². The minimum atomic E-state index is -0.0496. The quantitative estimate of drug-likeness (QED) is 0.825. The van der Waals surface area contributed by atoms with E-state index >= 15 is 0 Å². The molecule has 3 rings (SSSR count). The number of hydrogen-bond donors (Lipinski definition) is 1. The molecule has 2 aliphatic heterocycles. The van der Waals surface area contributed by atoms with E-state index in [1.54, 1.807) is 30.4 Å². The molecule has 0 saturated carbocycles. The van der Waals surface area contributed by atoms with Crippen molar-refractivity contribution >= 4 is 17.9 Å². The van der Waals surface area contributed by atoms with Gasteiger partial charge in [-0.3, -0.25) is 4.79 Å². The molecule has 3 heterocycles. The number of amides is 3. The molecule has 2 saturated heterocycles. The van der Waals surface area contributed by atoms with Gasteiger partial charge in [0.15, 0.2) is 0 Å². The van der Waals surface area contributed by atoms with Crippen molar-refractivity contribution in [3.63, 3.8) is 0 Å². The zero-order valence-corrected chi connectivity index (χ0v) is 13.3. The van der Waals surface area contributed by atoms with E-state index in [1.165, 1.54) is 0 Å². The highest BCUT2D eigenvalue weighted by molar-refractivity contribution is 5.78. The molecule has 0 bridgehead atoms. The molecule has 2 fully saturated rings. The topological polar surface area (TPSA) is 81.7 Å². The molecule has 0 aliphatic carbocycles. The first-order valence-electron chi connectivity index (χ1n) is 7.95. The largest absolute Gasteiger partial charge is 0.344 e. The number of urea groups is 1. The van der Waals surface area contributed by atoms with Gasteiger partial charge in [0.1, 0.15) is 0 Å². The van der Waals surface area contributed by atoms with Crippen LogP contribution in [0.15, 0.2) is 18.5 Å². The molecule has 1 aromatic heterocycles. The second-order valence-corrected chi connectivity index (χ2v) is 5.98. The maximum absolute atomic E-state index is 12.4. The molecule has 23 heavy (non-hydrogen) atoms. The van der Waals surface area contributed by atoms with E-state index in [0.29, 0.717) is 38.4 Å². The smallest absolute Gasteiger partial charge is 0.317 e. The molecular formula is C15H22N6O2. The lowest BCUT2D eigenvalue weighted by molar-refractivity contribution is -0.132. The van der Waals surface area contributed by atoms with Crippen molar-refractivity contribution < 1.29 is 9.59 Å². The highest BCUT2D eigenvalue weighted by Gasteiger charge is 2.27. The second-order valence-electron chi connectivity index (χ2n) is 5.98. The summed E-state index contributed by atoms with van der Waals surface area (Å²) in [7, 11) is 1.78. The molecule has 0 aromatic carbocycles. The first-order chi connectivity index (χ1) is 11.1. The van der Waals surface area contributed by atoms with Gasteiger partial charge in [-0.2, -0.15) is 0 Å². The van der Waals surface area contributed by atoms with E-state index in [2.05, 4.69) is 20.2 Å². The highest BCUT2D eigenvalue weighted by Crippen LogP contribution is 2.12. The van der Waals surface area contributed by atoms with Gasteiger partial charge in [0.2, 0.25) is 11.9 Å². The molecule has 1 atom stereocenters. The number of rotatable bonds is 2. The summed E-state index contributed by atoms with van der Waals surface area (Å²) >= 11 is 0. The molecule has 1 aromatic rings. The van der Waals surface area contributed by atoms with Crippen molar-refractivity contribution in [1.82, 2.24) is 25.1 Å². The monoisotopic (exact) mass is 318 g/mol. The number of nitrogens with zero attached hydrogens (tertiary/aromatic N) is 5. The molecule has 0 radical (unpaired) electrons. The van der Waals surface area contributed by atoms with Crippen molar-refractivity contribution in [2.45, 2.75) is 18.9 Å². The van der Waals surface area contributed by atoms with Gasteiger partial charge in [-0.05, 0) is 12.5 Å². The minimum Gasteiger partial charge on any atom is -0.344 e. The minimum absolute atomic E-state index is 0.0423. The summed E-state index contributed by atoms with van der Waals surface area (Å²) in [6, 6.07) is 1.78. The lowest BCUT2D eigenvalue weighted by Gasteiger charge is -2.36. The maximum atomic E-state index is 12.4. The van der Waals surface area contributed by atoms with E-state index in [-0.39, 0.29) is 18.0 Å². The Kier molecular flexibility index (Phi) is 4.59. The van der Waals surface area contributed by atoms with Crippen LogP contribution >= 0.6 is 0 Å². The number of aromatic nitrogens is 2. The maximum Gasteiger partial charge on any atom is 0.317 e. The number of likely N-dealkylation sites (tertiary alicyclic amines) is 1. The van der Waals surface area contributed by atoms with E-state index in [4.69, 9.17) is 0 Å². The van der Waals surface area contributed by atoms with Gasteiger partial charge in [-0.15, -0.1) is 0 Å². The molecule has 2 aliphatic rings. The van der Waals surface area contributed by atoms with E-state index in [1.807, 2.05) is 4.90 Å². The number of nitrogens with one attached hydrogen (secondary N) is 1. The standard InChI is InChI=1S/C15H22N6O2/c1-19-11-12(3-4-13(19)22)18-15(23)21-9-7-20(8-10-21)14-16-5-2-6-17-14/h2,5-6,12H,3-4,7-11H2,1H3,(H,18,23). The summed E-state index contributed by atoms with van der Waals surface area (Å²) in [6.07, 6.45) is 4.66. The number of likely N-dealkylation sites (N-methyl/N-ethyl adjacent to an activating group) is 1. The van der Waals surface area contributed by atoms with Crippen LogP contribution in [0.4, 0.5) is 10.7 Å². The van der Waals surface area contributed by atoms with Gasteiger partial charge in [0.05, 0.1) is 0 Å². The molecule has 1 N–H and O–H groups in total. The van der Waals surface area contributed by atoms with Crippen LogP contribution < -0.4 is 10.2 Å². The molecule has 8 heteroatoms. The Morgan fingerprint density at radius 2 is 1.91 bits per heavy atom. The molecule has 1 unspecified atom stereocenters. The number of anilines is 1. The molecule has 8 nitrogen and oxygen atoms in total. The van der Waals surface area contributed by atoms with Gasteiger partial charge < -0.3 is 20.0 Å². The van der Waals surface area contributed by atoms with Gasteiger partial charge in [0.25, 0.3) is 0 Å². The summed E-state index contributed by atoms with van der Waals surface area (Å²) in [5, 5.41) is 3.04. The zero-order valence-electron chi connectivity index (χ0n) is 13.3. The van der Waals surface area contributed by atoms with Gasteiger partial charge in [-0.1, -0.05) is 0 Å². The van der Waals surface area contributed by atoms with Gasteiger partial charge in [0, 0.05) is 64.6 Å². The predicted octanol–water partition coefficient (Wildman–Crippen LogP) is -0.0710. The van der Waals surface area contributed by atoms with E-state index in [9.17, 15) is 9.59 Å². The Balaban J connectivity index is 1.48. The molecule has 0 spiro atoms. The summed E-state index contributed by atoms with van der Waals surface area (Å²) in [6.45, 7) is 3.32. The third-order valence-corrected chi connectivity index (χ3v) is 4.36. The van der Waals surface area contributed by atoms with Crippen molar-refractivity contribution in [2.75, 3.05) is 44.7 Å². The summed E-state index contributed by atoms with van der Waals surface area (Å²) in [5.74, 6) is 0.854. The van der Waals surface area contributed by atoms with Crippen LogP contribution in [-0.4, -0.2) is 77.5 Å². The summed E-state index contributed by atoms with van der Waals surface area (Å²) in [4.78, 5) is 37.9. The molecule has 3 amide bonds. The lowest BCUT2D eigenvalue weighted by Crippen LogP contribution is -2.56. The van der Waals surface area contributed by atoms with Crippen LogP contribution in [0.1, 0.15) is 12.8 Å². The Morgan fingerprint density at radius 3 is 2.57 bits per heavy atom. The van der Waals surface area contributed by atoms with Gasteiger partial charge in [-0.25, -0.2) is 14.8 Å². The van der Waals surface area contributed by atoms with Crippen LogP contribution in [0.25, 0.3) is 0 Å². The third-order valence-electron chi connectivity index (χ3n) is 4.36. The van der Waals surface area contributed by atoms with E-state index < -0.39 is 0 Å². The number of piperazine rings is 1. The Labute approximate surface area is 135 Å². The van der Waals surface area contributed by atoms with Crippen molar-refractivity contribution in [3.05, 3.63) is 18.5 Å². The van der Waals surface area contributed by atoms with Crippen LogP contribution in [0, 0.1) is 0 Å². The number of hydrogen-bond acceptors (Lipinski definition) is 5. The third kappa shape index (κ3) is 3.69. The van der Waals surface area contributed by atoms with Crippen LogP contribution in [0.2, 0.25) is 0 Å². The average molecular weight is 318 g/mol. The van der Waals surface area contributed by atoms with E-state index in [0.717, 1.165) is 13.1 Å². The zero-order chi connectivity index (χ0) is 16.2. The predicted molar refractivity (Wildman–Crippen MR) is 85.0 cm³/mol. The fourth-order valence-electron chi connectivity index (χ4n) is 2.96. The molecule has 124 valence electrons. The number of carbonyl (C=O) groups is 2. The molecular weight excluding hydrogens is 296 g/mol. The van der Waals surface area contributed by atoms with Crippen molar-refractivity contribution in [2.24, 2.45) is 0 Å². The second kappa shape index (κ2) is 6.80. The summed E-state index contributed by atoms with van der Waals surface area (Å²) in [5.41, 5.74) is 0.